The van der Waals surface area contributed by atoms with Gasteiger partial charge in [-0.05, 0) is 120 Å². The molecule has 11 saturated heterocycles. The zero-order valence-electron chi connectivity index (χ0n) is 54.8. The van der Waals surface area contributed by atoms with Gasteiger partial charge in [0.25, 0.3) is 0 Å². The number of carbonyl (C=O) groups is 7. The van der Waals surface area contributed by atoms with E-state index in [1.165, 1.54) is 4.90 Å². The largest absolute Gasteiger partial charge is 0.779 e. The van der Waals surface area contributed by atoms with Crippen LogP contribution in [0.5, 0.6) is 0 Å². The van der Waals surface area contributed by atoms with E-state index in [4.69, 9.17) is 55.3 Å². The Labute approximate surface area is 579 Å². The van der Waals surface area contributed by atoms with E-state index in [1.807, 2.05) is 0 Å². The summed E-state index contributed by atoms with van der Waals surface area (Å²) in [6, 6.07) is -1.97. The molecule has 0 saturated carbocycles. The fraction of sp³-hybridized carbons (Fsp3) is 0.836. The van der Waals surface area contributed by atoms with Gasteiger partial charge in [0.2, 0.25) is 35.4 Å². The van der Waals surface area contributed by atoms with Gasteiger partial charge in [-0.1, -0.05) is 59.4 Å². The molecule has 5 N–H and O–H groups in total. The third kappa shape index (κ3) is 17.8. The predicted molar refractivity (Wildman–Crippen MR) is 335 cm³/mol. The Kier molecular flexibility index (Phi) is 26.6. The fourth-order valence-corrected chi connectivity index (χ4v) is 16.3. The maximum Gasteiger partial charge on any atom is 0.243 e. The van der Waals surface area contributed by atoms with Gasteiger partial charge in [0.15, 0.2) is 5.79 Å². The van der Waals surface area contributed by atoms with Crippen molar-refractivity contribution >= 4 is 53.9 Å². The maximum absolute atomic E-state index is 14.6. The second kappa shape index (κ2) is 33.3. The summed E-state index contributed by atoms with van der Waals surface area (Å²) in [5, 5.41) is 22.1. The number of unbranched alkanes of at least 4 members (excludes halogenated alkanes) is 3. The first kappa shape index (κ1) is 73.6. The van der Waals surface area contributed by atoms with Crippen molar-refractivity contribution < 1.29 is 120 Å². The van der Waals surface area contributed by atoms with Crippen LogP contribution in [0.4, 0.5) is 0 Å². The monoisotopic (exact) mass is 1450 g/mol. The quantitative estimate of drug-likeness (QED) is 0.0373. The normalized spacial score (nSPS) is 36.9. The number of hydrogen-bond donors (Lipinski definition) is 5. The topological polar surface area (TPSA) is 277 Å². The Morgan fingerprint density at radius 1 is 0.750 bits per heavy atom. The molecule has 519 valence electrons. The van der Waals surface area contributed by atoms with E-state index in [0.717, 1.165) is 69.3 Å². The second-order valence-electron chi connectivity index (χ2n) is 28.0. The number of Topliss-reactive ketones (excluding diaryl/α,β-unsaturated/α-hetero) is 1. The fourth-order valence-electron chi connectivity index (χ4n) is 16.0. The molecule has 1 spiro atoms. The minimum Gasteiger partial charge on any atom is -0.779 e. The third-order valence-electron chi connectivity index (χ3n) is 21.2. The van der Waals surface area contributed by atoms with E-state index in [1.54, 1.807) is 21.0 Å². The number of methoxy groups -OCH3 is 1. The Bertz CT molecular complexity index is 2620. The van der Waals surface area contributed by atoms with Crippen LogP contribution in [0, 0.1) is 56.4 Å². The minimum atomic E-state index is -1.11. The number of aliphatic hydroxyl groups is 1. The van der Waals surface area contributed by atoms with Gasteiger partial charge in [-0.3, -0.25) is 38.5 Å². The van der Waals surface area contributed by atoms with Crippen LogP contribution >= 0.6 is 0 Å². The summed E-state index contributed by atoms with van der Waals surface area (Å²) in [5.41, 5.74) is 2.05. The number of fused-ring (bicyclic) bond motifs is 6. The summed E-state index contributed by atoms with van der Waals surface area (Å²) in [7, 11) is 1.59. The molecule has 22 atom stereocenters. The first-order chi connectivity index (χ1) is 43.6. The number of carbonyl (C=O) groups excluding carboxylic acids is 7. The van der Waals surface area contributed by atoms with Gasteiger partial charge in [0, 0.05) is 116 Å². The molecule has 25 heteroatoms. The number of nitrogens with zero attached hydrogens (tertiary/aromatic N) is 2. The molecule has 0 aromatic carbocycles. The molecule has 11 fully saturated rings. The van der Waals surface area contributed by atoms with E-state index in [-0.39, 0.29) is 187 Å². The average Bonchev–Trinajstić information content (AvgIpc) is 1.55. The van der Waals surface area contributed by atoms with Crippen LogP contribution < -0.4 is 21.3 Å². The van der Waals surface area contributed by atoms with E-state index in [2.05, 4.69) is 60.1 Å². The number of amides is 6. The molecule has 3 unspecified atom stereocenters. The molecular weight excluding hydrogens is 1350 g/mol. The van der Waals surface area contributed by atoms with Gasteiger partial charge in [0.05, 0.1) is 73.7 Å². The van der Waals surface area contributed by atoms with E-state index in [0.29, 0.717) is 57.8 Å². The van der Waals surface area contributed by atoms with Crippen molar-refractivity contribution in [2.45, 2.75) is 290 Å². The molecule has 11 aliphatic rings. The Morgan fingerprint density at radius 2 is 1.48 bits per heavy atom. The molecule has 11 heterocycles. The molecule has 0 aromatic rings. The Morgan fingerprint density at radius 3 is 2.22 bits per heavy atom. The van der Waals surface area contributed by atoms with Crippen molar-refractivity contribution in [3.8, 4) is 0 Å². The second-order valence-corrected chi connectivity index (χ2v) is 28.5. The van der Waals surface area contributed by atoms with Gasteiger partial charge in [-0.25, -0.2) is 0 Å². The zero-order valence-corrected chi connectivity index (χ0v) is 57.8. The number of rotatable bonds is 25. The molecule has 0 aliphatic carbocycles. The zero-order chi connectivity index (χ0) is 64.8. The summed E-state index contributed by atoms with van der Waals surface area (Å²) < 4.78 is 60.9. The van der Waals surface area contributed by atoms with Crippen LogP contribution in [0.1, 0.15) is 169 Å². The number of ether oxygens (including phenoxy) is 9. The van der Waals surface area contributed by atoms with Crippen molar-refractivity contribution in [1.29, 1.82) is 0 Å². The van der Waals surface area contributed by atoms with Crippen LogP contribution in [-0.4, -0.2) is 223 Å². The van der Waals surface area contributed by atoms with E-state index < -0.39 is 89.9 Å². The Balaban J connectivity index is 0.00001000. The van der Waals surface area contributed by atoms with Gasteiger partial charge >= 0.3 is 0 Å². The molecule has 12 bridgehead atoms. The number of hydrogen-bond acceptors (Lipinski definition) is 19. The van der Waals surface area contributed by atoms with Crippen LogP contribution in [0.25, 0.3) is 0 Å². The van der Waals surface area contributed by atoms with Crippen molar-refractivity contribution in [1.82, 2.24) is 31.1 Å². The molecular formula is C67H103N6O17STb-. The van der Waals surface area contributed by atoms with Gasteiger partial charge in [-0.15, -0.1) is 0 Å². The number of ketones is 1. The first-order valence-electron chi connectivity index (χ1n) is 34.4. The molecule has 6 amide bonds. The SMILES string of the molecule is C=C1C[C@@H]2CC[C@@]34CC5O[C@H]6[C@@H](O3)[C@H]3O[C@H](CC[C@@H]3O[C@H]6[C@H]5O4)CC(=O)C[C@@H]3[C@@H](OC)[C@@H](C[C@H](O)CNC(=O)CNC(=O)[C@H](CCCCN(CC)CC)NC(=O)[C@@H](NC(=O)CCCCCN4C(=O)CC([S-])C4=O)C(C)C)O[C@H]3C[C@H]3O[C@@H](CCC1O2)C[C@@H](C)C3=C.[Tb]. The van der Waals surface area contributed by atoms with Crippen molar-refractivity contribution in [2.75, 3.05) is 46.4 Å². The van der Waals surface area contributed by atoms with E-state index >= 15 is 0 Å². The number of likely N-dealkylation sites (tertiary alicyclic amines) is 1. The summed E-state index contributed by atoms with van der Waals surface area (Å²) in [6.07, 6.45) is 4.65. The average molecular weight is 1460 g/mol. The molecule has 23 nitrogen and oxygen atoms in total. The number of imide groups is 1. The van der Waals surface area contributed by atoms with Crippen LogP contribution in [0.3, 0.4) is 0 Å². The van der Waals surface area contributed by atoms with Crippen molar-refractivity contribution in [3.05, 3.63) is 24.3 Å². The standard InChI is InChI=1S/C67H104N6O17S.Tb/c1-9-72(10-2)24-15-13-16-46(70-65(80)57(36(3)4)71-54(76)17-12-11-14-25-73-56(78)32-53(91)66(73)81)64(79)69-35-55(77)68-34-41(75)30-51-58(82-8)45-29-40(74)28-43-19-21-48-59(85-43)63-62-61(87-48)60-52(88-62)33-67(89-60,90-63)23-22-44-27-38(6)47(83-44)20-18-42-26-37(5)39(7)49(84-42)31-50(45)86-51;/h36-37,41-53,57-63,75,91H,6-7,9-35H2,1-5,8H3,(H,68,77)(H,69,79)(H,70,80)(H,71,76);/p-1/t37-,41+,42+,43-,44+,45+,46+,47?,48+,49-,50+,51-,52?,53?,57+,58-,59+,60+,61+,62-,63+,67+;/m1./s1. The van der Waals surface area contributed by atoms with Gasteiger partial charge in [0.1, 0.15) is 48.4 Å². The predicted octanol–water partition coefficient (Wildman–Crippen LogP) is 4.08. The molecule has 92 heavy (non-hydrogen) atoms. The smallest absolute Gasteiger partial charge is 0.243 e. The summed E-state index contributed by atoms with van der Waals surface area (Å²) in [5.74, 6) is -4.10. The maximum atomic E-state index is 14.6. The minimum absolute atomic E-state index is 0. The van der Waals surface area contributed by atoms with Gasteiger partial charge < -0.3 is 86.5 Å². The number of aliphatic hydroxyl groups excluding tert-OH is 1. The molecule has 0 aromatic heterocycles. The summed E-state index contributed by atoms with van der Waals surface area (Å²) >= 11 is 5.06. The van der Waals surface area contributed by atoms with Crippen molar-refractivity contribution in [3.63, 3.8) is 0 Å². The molecule has 11 rings (SSSR count). The van der Waals surface area contributed by atoms with Crippen LogP contribution in [-0.2, 0) is 88.8 Å². The molecule has 1 radical (unpaired) electrons. The van der Waals surface area contributed by atoms with Crippen molar-refractivity contribution in [2.24, 2.45) is 17.8 Å². The van der Waals surface area contributed by atoms with Crippen LogP contribution in [0.15, 0.2) is 24.3 Å². The third-order valence-corrected chi connectivity index (χ3v) is 21.5. The first-order valence-corrected chi connectivity index (χ1v) is 34.8. The number of nitrogens with one attached hydrogen (secondary N) is 4. The molecule has 11 aliphatic heterocycles. The Hall–Kier alpha value is -2.63. The van der Waals surface area contributed by atoms with Gasteiger partial charge in [-0.2, -0.15) is 0 Å². The summed E-state index contributed by atoms with van der Waals surface area (Å²) in [4.78, 5) is 96.9. The van der Waals surface area contributed by atoms with E-state index in [9.17, 15) is 38.7 Å². The van der Waals surface area contributed by atoms with Crippen LogP contribution in [0.2, 0.25) is 0 Å². The summed E-state index contributed by atoms with van der Waals surface area (Å²) in [6.45, 7) is 21.1.